The summed E-state index contributed by atoms with van der Waals surface area (Å²) in [5.74, 6) is 0. The summed E-state index contributed by atoms with van der Waals surface area (Å²) in [7, 11) is 4.06. The fourth-order valence-electron chi connectivity index (χ4n) is 2.41. The molecule has 3 nitrogen and oxygen atoms in total. The molecule has 0 aromatic heterocycles. The highest BCUT2D eigenvalue weighted by Gasteiger charge is 2.32. The molecule has 5 heteroatoms. The van der Waals surface area contributed by atoms with Gasteiger partial charge in [-0.25, -0.2) is 0 Å². The second kappa shape index (κ2) is 6.35. The number of nitrogens with one attached hydrogen (secondary N) is 1. The van der Waals surface area contributed by atoms with E-state index in [2.05, 4.69) is 39.3 Å². The number of nitrogens with zero attached hydrogens (tertiary/aromatic N) is 1. The van der Waals surface area contributed by atoms with Crippen molar-refractivity contribution in [2.75, 3.05) is 33.8 Å². The molecule has 2 unspecified atom stereocenters. The highest BCUT2D eigenvalue weighted by molar-refractivity contribution is 9.10. The zero-order valence-electron chi connectivity index (χ0n) is 10.6. The average Bonchev–Trinajstić information content (AvgIpc) is 2.31. The second-order valence-corrected chi connectivity index (χ2v) is 5.88. The normalized spacial score (nSPS) is 25.3. The van der Waals surface area contributed by atoms with Crippen LogP contribution in [0.15, 0.2) is 22.7 Å². The molecule has 1 aromatic rings. The second-order valence-electron chi connectivity index (χ2n) is 4.56. The molecule has 1 heterocycles. The number of hydrogen-bond donors (Lipinski definition) is 1. The van der Waals surface area contributed by atoms with Gasteiger partial charge in [-0.2, -0.15) is 0 Å². The first-order valence-electron chi connectivity index (χ1n) is 6.05. The minimum absolute atomic E-state index is 0.132. The van der Waals surface area contributed by atoms with Crippen molar-refractivity contribution >= 4 is 27.5 Å². The number of morpholine rings is 1. The van der Waals surface area contributed by atoms with Gasteiger partial charge in [-0.05, 0) is 31.8 Å². The minimum atomic E-state index is 0.132. The number of halogens is 2. The van der Waals surface area contributed by atoms with Gasteiger partial charge in [0.05, 0.1) is 18.8 Å². The van der Waals surface area contributed by atoms with Crippen LogP contribution in [0, 0.1) is 0 Å². The van der Waals surface area contributed by atoms with Crippen molar-refractivity contribution in [3.05, 3.63) is 33.3 Å². The molecule has 0 bridgehead atoms. The van der Waals surface area contributed by atoms with Gasteiger partial charge in [0.25, 0.3) is 0 Å². The van der Waals surface area contributed by atoms with E-state index in [4.69, 9.17) is 16.3 Å². The molecule has 1 aromatic carbocycles. The molecule has 1 fully saturated rings. The van der Waals surface area contributed by atoms with Crippen LogP contribution in [0.1, 0.15) is 11.6 Å². The van der Waals surface area contributed by atoms with Crippen LogP contribution in [0.5, 0.6) is 0 Å². The highest BCUT2D eigenvalue weighted by atomic mass is 79.9. The lowest BCUT2D eigenvalue weighted by molar-refractivity contribution is -0.0606. The molecule has 18 heavy (non-hydrogen) atoms. The van der Waals surface area contributed by atoms with E-state index < -0.39 is 0 Å². The van der Waals surface area contributed by atoms with Crippen LogP contribution in [0.3, 0.4) is 0 Å². The van der Waals surface area contributed by atoms with Crippen molar-refractivity contribution in [3.63, 3.8) is 0 Å². The van der Waals surface area contributed by atoms with E-state index in [1.54, 1.807) is 0 Å². The summed E-state index contributed by atoms with van der Waals surface area (Å²) < 4.78 is 6.87. The van der Waals surface area contributed by atoms with Gasteiger partial charge in [0.2, 0.25) is 0 Å². The van der Waals surface area contributed by atoms with Crippen LogP contribution >= 0.6 is 27.5 Å². The molecule has 1 aliphatic rings. The Morgan fingerprint density at radius 2 is 2.33 bits per heavy atom. The van der Waals surface area contributed by atoms with Gasteiger partial charge in [-0.15, -0.1) is 0 Å². The molecule has 2 atom stereocenters. The zero-order valence-corrected chi connectivity index (χ0v) is 13.0. The van der Waals surface area contributed by atoms with Gasteiger partial charge in [0, 0.05) is 22.6 Å². The standard InChI is InChI=1S/C13H18BrClN2O/c1-16-8-12-13(17(2)5-6-18-12)10-4-3-9(14)7-11(10)15/h3-4,7,12-13,16H,5-6,8H2,1-2H3. The van der Waals surface area contributed by atoms with Gasteiger partial charge >= 0.3 is 0 Å². The van der Waals surface area contributed by atoms with Crippen LogP contribution < -0.4 is 5.32 Å². The largest absolute Gasteiger partial charge is 0.374 e. The quantitative estimate of drug-likeness (QED) is 0.920. The van der Waals surface area contributed by atoms with Gasteiger partial charge in [-0.1, -0.05) is 33.6 Å². The number of hydrogen-bond acceptors (Lipinski definition) is 3. The van der Waals surface area contributed by atoms with Gasteiger partial charge in [0.1, 0.15) is 0 Å². The topological polar surface area (TPSA) is 24.5 Å². The average molecular weight is 334 g/mol. The van der Waals surface area contributed by atoms with E-state index in [0.717, 1.165) is 34.8 Å². The van der Waals surface area contributed by atoms with Crippen molar-refractivity contribution in [3.8, 4) is 0 Å². The third-order valence-corrected chi connectivity index (χ3v) is 4.11. The molecular weight excluding hydrogens is 316 g/mol. The smallest absolute Gasteiger partial charge is 0.0896 e. The van der Waals surface area contributed by atoms with Crippen molar-refractivity contribution in [2.45, 2.75) is 12.1 Å². The molecule has 2 rings (SSSR count). The lowest BCUT2D eigenvalue weighted by Gasteiger charge is -2.39. The summed E-state index contributed by atoms with van der Waals surface area (Å²) in [4.78, 5) is 2.31. The van der Waals surface area contributed by atoms with Crippen molar-refractivity contribution in [1.82, 2.24) is 10.2 Å². The molecule has 1 N–H and O–H groups in total. The molecule has 0 amide bonds. The maximum absolute atomic E-state index is 6.36. The van der Waals surface area contributed by atoms with Gasteiger partial charge in [-0.3, -0.25) is 4.90 Å². The van der Waals surface area contributed by atoms with Crippen LogP contribution in [-0.4, -0.2) is 44.8 Å². The van der Waals surface area contributed by atoms with E-state index in [0.29, 0.717) is 0 Å². The van der Waals surface area contributed by atoms with Gasteiger partial charge < -0.3 is 10.1 Å². The molecule has 0 saturated carbocycles. The lowest BCUT2D eigenvalue weighted by atomic mass is 9.98. The Morgan fingerprint density at radius 3 is 3.00 bits per heavy atom. The number of likely N-dealkylation sites (N-methyl/N-ethyl adjacent to an activating group) is 2. The van der Waals surface area contributed by atoms with Crippen LogP contribution in [0.2, 0.25) is 5.02 Å². The van der Waals surface area contributed by atoms with Crippen molar-refractivity contribution < 1.29 is 4.74 Å². The predicted octanol–water partition coefficient (Wildman–Crippen LogP) is 2.69. The zero-order chi connectivity index (χ0) is 13.1. The molecule has 100 valence electrons. The van der Waals surface area contributed by atoms with E-state index in [9.17, 15) is 0 Å². The van der Waals surface area contributed by atoms with Crippen LogP contribution in [0.25, 0.3) is 0 Å². The number of benzene rings is 1. The SMILES string of the molecule is CNCC1OCCN(C)C1c1ccc(Br)cc1Cl. The monoisotopic (exact) mass is 332 g/mol. The fourth-order valence-corrected chi connectivity index (χ4v) is 3.20. The van der Waals surface area contributed by atoms with Crippen molar-refractivity contribution in [2.24, 2.45) is 0 Å². The molecule has 0 spiro atoms. The number of ether oxygens (including phenoxy) is 1. The Balaban J connectivity index is 2.31. The third kappa shape index (κ3) is 3.06. The summed E-state index contributed by atoms with van der Waals surface area (Å²) in [5, 5.41) is 3.97. The third-order valence-electron chi connectivity index (χ3n) is 3.29. The molecule has 1 aliphatic heterocycles. The summed E-state index contributed by atoms with van der Waals surface area (Å²) in [5.41, 5.74) is 1.13. The Hall–Kier alpha value is -0.130. The summed E-state index contributed by atoms with van der Waals surface area (Å²) in [6, 6.07) is 6.24. The van der Waals surface area contributed by atoms with E-state index in [1.165, 1.54) is 0 Å². The molecule has 1 saturated heterocycles. The first-order valence-corrected chi connectivity index (χ1v) is 7.22. The van der Waals surface area contributed by atoms with Gasteiger partial charge in [0.15, 0.2) is 0 Å². The van der Waals surface area contributed by atoms with E-state index in [-0.39, 0.29) is 12.1 Å². The summed E-state index contributed by atoms with van der Waals surface area (Å²) in [6.07, 6.45) is 0.132. The summed E-state index contributed by atoms with van der Waals surface area (Å²) in [6.45, 7) is 2.52. The first-order chi connectivity index (χ1) is 8.63. The Morgan fingerprint density at radius 1 is 1.56 bits per heavy atom. The van der Waals surface area contributed by atoms with E-state index >= 15 is 0 Å². The highest BCUT2D eigenvalue weighted by Crippen LogP contribution is 2.34. The maximum Gasteiger partial charge on any atom is 0.0896 e. The molecular formula is C13H18BrClN2O. The van der Waals surface area contributed by atoms with Crippen molar-refractivity contribution in [1.29, 1.82) is 0 Å². The molecule has 0 radical (unpaired) electrons. The van der Waals surface area contributed by atoms with Crippen LogP contribution in [-0.2, 0) is 4.74 Å². The predicted molar refractivity (Wildman–Crippen MR) is 78.2 cm³/mol. The van der Waals surface area contributed by atoms with E-state index in [1.807, 2.05) is 19.2 Å². The van der Waals surface area contributed by atoms with Crippen LogP contribution in [0.4, 0.5) is 0 Å². The molecule has 0 aliphatic carbocycles. The maximum atomic E-state index is 6.36. The Labute approximate surface area is 122 Å². The minimum Gasteiger partial charge on any atom is -0.374 e. The number of rotatable bonds is 3. The summed E-state index contributed by atoms with van der Waals surface area (Å²) >= 11 is 9.80. The Bertz CT molecular complexity index is 414. The first kappa shape index (κ1) is 14.3. The fraction of sp³-hybridized carbons (Fsp3) is 0.538. The lowest BCUT2D eigenvalue weighted by Crippen LogP contribution is -2.47. The Kier molecular flexibility index (Phi) is 5.04.